The van der Waals surface area contributed by atoms with Gasteiger partial charge in [-0.2, -0.15) is 0 Å². The van der Waals surface area contributed by atoms with Crippen LogP contribution in [0, 0.1) is 0 Å². The number of allylic oxidation sites excluding steroid dienone is 1. The van der Waals surface area contributed by atoms with E-state index in [0.717, 1.165) is 6.42 Å². The molecule has 0 amide bonds. The summed E-state index contributed by atoms with van der Waals surface area (Å²) in [5.74, 6) is 0. The molecule has 0 aromatic heterocycles. The van der Waals surface area contributed by atoms with Gasteiger partial charge in [-0.15, -0.1) is 0 Å². The summed E-state index contributed by atoms with van der Waals surface area (Å²) < 4.78 is 0. The van der Waals surface area contributed by atoms with E-state index in [1.54, 1.807) is 0 Å². The zero-order valence-corrected chi connectivity index (χ0v) is 7.35. The van der Waals surface area contributed by atoms with Crippen molar-refractivity contribution in [3.63, 3.8) is 0 Å². The maximum atomic E-state index is 3.30. The van der Waals surface area contributed by atoms with Crippen LogP contribution in [0.25, 0.3) is 0 Å². The maximum Gasteiger partial charge on any atom is 0.0227 e. The first-order valence-electron chi connectivity index (χ1n) is 4.22. The first-order chi connectivity index (χ1) is 4.81. The minimum atomic E-state index is 0.632. The molecule has 10 heavy (non-hydrogen) atoms. The predicted octanol–water partition coefficient (Wildman–Crippen LogP) is 2.69. The van der Waals surface area contributed by atoms with E-state index in [9.17, 15) is 0 Å². The molecule has 0 aromatic carbocycles. The van der Waals surface area contributed by atoms with Crippen molar-refractivity contribution in [1.82, 2.24) is 5.32 Å². The van der Waals surface area contributed by atoms with E-state index >= 15 is 0 Å². The SMILES string of the molecule is CC/C=C/NC(C)CCC. The first kappa shape index (κ1) is 9.54. The predicted molar refractivity (Wildman–Crippen MR) is 46.9 cm³/mol. The molecule has 0 aliphatic heterocycles. The molecule has 0 fully saturated rings. The fraction of sp³-hybridized carbons (Fsp3) is 0.778. The van der Waals surface area contributed by atoms with E-state index in [1.807, 2.05) is 0 Å². The molecule has 0 bridgehead atoms. The van der Waals surface area contributed by atoms with Gasteiger partial charge in [0.1, 0.15) is 0 Å². The lowest BCUT2D eigenvalue weighted by atomic mass is 10.2. The van der Waals surface area contributed by atoms with Crippen LogP contribution in [0.5, 0.6) is 0 Å². The Balaban J connectivity index is 3.20. The molecule has 1 unspecified atom stereocenters. The molecular weight excluding hydrogens is 122 g/mol. The van der Waals surface area contributed by atoms with Crippen molar-refractivity contribution in [2.75, 3.05) is 0 Å². The Morgan fingerprint density at radius 1 is 1.40 bits per heavy atom. The highest BCUT2D eigenvalue weighted by Crippen LogP contribution is 1.93. The average molecular weight is 141 g/mol. The Morgan fingerprint density at radius 3 is 2.60 bits per heavy atom. The molecule has 0 saturated heterocycles. The first-order valence-corrected chi connectivity index (χ1v) is 4.22. The van der Waals surface area contributed by atoms with Crippen molar-refractivity contribution in [2.24, 2.45) is 0 Å². The fourth-order valence-electron chi connectivity index (χ4n) is 0.867. The molecular formula is C9H19N. The Hall–Kier alpha value is -0.460. The molecule has 0 aromatic rings. The van der Waals surface area contributed by atoms with Crippen molar-refractivity contribution in [1.29, 1.82) is 0 Å². The topological polar surface area (TPSA) is 12.0 Å². The van der Waals surface area contributed by atoms with Crippen LogP contribution in [-0.2, 0) is 0 Å². The van der Waals surface area contributed by atoms with Crippen LogP contribution in [-0.4, -0.2) is 6.04 Å². The molecule has 0 aliphatic rings. The Morgan fingerprint density at radius 2 is 2.10 bits per heavy atom. The molecule has 0 spiro atoms. The van der Waals surface area contributed by atoms with Gasteiger partial charge in [-0.3, -0.25) is 0 Å². The third-order valence-electron chi connectivity index (χ3n) is 1.46. The third-order valence-corrected chi connectivity index (χ3v) is 1.46. The van der Waals surface area contributed by atoms with Crippen LogP contribution in [0.1, 0.15) is 40.0 Å². The lowest BCUT2D eigenvalue weighted by Gasteiger charge is -2.08. The molecule has 0 aliphatic carbocycles. The Bertz CT molecular complexity index is 86.7. The van der Waals surface area contributed by atoms with Crippen LogP contribution in [0.4, 0.5) is 0 Å². The second-order valence-electron chi connectivity index (χ2n) is 2.67. The van der Waals surface area contributed by atoms with Gasteiger partial charge < -0.3 is 5.32 Å². The van der Waals surface area contributed by atoms with E-state index in [1.165, 1.54) is 12.8 Å². The molecule has 1 N–H and O–H groups in total. The molecule has 0 rings (SSSR count). The van der Waals surface area contributed by atoms with E-state index in [2.05, 4.69) is 38.4 Å². The van der Waals surface area contributed by atoms with Gasteiger partial charge in [-0.25, -0.2) is 0 Å². The summed E-state index contributed by atoms with van der Waals surface area (Å²) in [4.78, 5) is 0. The van der Waals surface area contributed by atoms with Crippen molar-refractivity contribution in [2.45, 2.75) is 46.1 Å². The molecule has 0 radical (unpaired) electrons. The standard InChI is InChI=1S/C9H19N/c1-4-6-8-10-9(3)7-5-2/h6,8-10H,4-5,7H2,1-3H3/b8-6+. The zero-order chi connectivity index (χ0) is 7.82. The van der Waals surface area contributed by atoms with Crippen molar-refractivity contribution in [3.05, 3.63) is 12.3 Å². The molecule has 1 nitrogen and oxygen atoms in total. The van der Waals surface area contributed by atoms with Crippen LogP contribution in [0.15, 0.2) is 12.3 Å². The molecule has 0 heterocycles. The lowest BCUT2D eigenvalue weighted by Crippen LogP contribution is -2.19. The largest absolute Gasteiger partial charge is 0.389 e. The summed E-state index contributed by atoms with van der Waals surface area (Å²) in [6, 6.07) is 0.632. The highest BCUT2D eigenvalue weighted by atomic mass is 14.9. The van der Waals surface area contributed by atoms with Crippen molar-refractivity contribution in [3.8, 4) is 0 Å². The van der Waals surface area contributed by atoms with Crippen LogP contribution < -0.4 is 5.32 Å². The minimum absolute atomic E-state index is 0.632. The monoisotopic (exact) mass is 141 g/mol. The highest BCUT2D eigenvalue weighted by molar-refractivity contribution is 4.80. The third kappa shape index (κ3) is 5.67. The lowest BCUT2D eigenvalue weighted by molar-refractivity contribution is 0.577. The second-order valence-corrected chi connectivity index (χ2v) is 2.67. The van der Waals surface area contributed by atoms with E-state index in [0.29, 0.717) is 6.04 Å². The average Bonchev–Trinajstić information content (AvgIpc) is 1.89. The molecule has 1 heteroatoms. The summed E-state index contributed by atoms with van der Waals surface area (Å²) >= 11 is 0. The summed E-state index contributed by atoms with van der Waals surface area (Å²) in [7, 11) is 0. The van der Waals surface area contributed by atoms with Crippen LogP contribution in [0.3, 0.4) is 0 Å². The number of rotatable bonds is 5. The van der Waals surface area contributed by atoms with Gasteiger partial charge in [0.15, 0.2) is 0 Å². The van der Waals surface area contributed by atoms with E-state index in [-0.39, 0.29) is 0 Å². The quantitative estimate of drug-likeness (QED) is 0.620. The zero-order valence-electron chi connectivity index (χ0n) is 7.35. The minimum Gasteiger partial charge on any atom is -0.389 e. The summed E-state index contributed by atoms with van der Waals surface area (Å²) in [6.07, 6.45) is 7.83. The van der Waals surface area contributed by atoms with Gasteiger partial charge in [-0.1, -0.05) is 26.3 Å². The summed E-state index contributed by atoms with van der Waals surface area (Å²) in [5.41, 5.74) is 0. The number of hydrogen-bond donors (Lipinski definition) is 1. The van der Waals surface area contributed by atoms with Gasteiger partial charge in [-0.05, 0) is 26.0 Å². The highest BCUT2D eigenvalue weighted by Gasteiger charge is 1.92. The Labute approximate surface area is 64.5 Å². The van der Waals surface area contributed by atoms with E-state index in [4.69, 9.17) is 0 Å². The smallest absolute Gasteiger partial charge is 0.0227 e. The number of hydrogen-bond acceptors (Lipinski definition) is 1. The molecule has 60 valence electrons. The molecule has 0 saturated carbocycles. The number of nitrogens with one attached hydrogen (secondary N) is 1. The summed E-state index contributed by atoms with van der Waals surface area (Å²) in [5, 5.41) is 3.30. The van der Waals surface area contributed by atoms with Gasteiger partial charge in [0, 0.05) is 6.04 Å². The Kier molecular flexibility index (Phi) is 6.35. The van der Waals surface area contributed by atoms with Crippen molar-refractivity contribution < 1.29 is 0 Å². The fourth-order valence-corrected chi connectivity index (χ4v) is 0.867. The van der Waals surface area contributed by atoms with Gasteiger partial charge in [0.05, 0.1) is 0 Å². The van der Waals surface area contributed by atoms with Crippen molar-refractivity contribution >= 4 is 0 Å². The normalized spacial score (nSPS) is 13.9. The van der Waals surface area contributed by atoms with Gasteiger partial charge >= 0.3 is 0 Å². The van der Waals surface area contributed by atoms with Crippen LogP contribution >= 0.6 is 0 Å². The van der Waals surface area contributed by atoms with Gasteiger partial charge in [0.25, 0.3) is 0 Å². The second kappa shape index (κ2) is 6.66. The maximum absolute atomic E-state index is 3.30. The van der Waals surface area contributed by atoms with E-state index < -0.39 is 0 Å². The summed E-state index contributed by atoms with van der Waals surface area (Å²) in [6.45, 7) is 6.56. The van der Waals surface area contributed by atoms with Gasteiger partial charge in [0.2, 0.25) is 0 Å². The van der Waals surface area contributed by atoms with Crippen LogP contribution in [0.2, 0.25) is 0 Å². The molecule has 1 atom stereocenters.